The van der Waals surface area contributed by atoms with Crippen LogP contribution in [-0.4, -0.2) is 41.9 Å². The number of aliphatic imine (C=N–C) groups is 1. The second kappa shape index (κ2) is 9.44. The molecular weight excluding hydrogens is 420 g/mol. The molecule has 8 heteroatoms. The van der Waals surface area contributed by atoms with Crippen LogP contribution >= 0.6 is 0 Å². The molecule has 1 N–H and O–H groups in total. The predicted molar refractivity (Wildman–Crippen MR) is 125 cm³/mol. The van der Waals surface area contributed by atoms with Crippen molar-refractivity contribution in [3.05, 3.63) is 78.0 Å². The zero-order valence-electron chi connectivity index (χ0n) is 18.2. The Morgan fingerprint density at radius 1 is 1.09 bits per heavy atom. The normalized spacial score (nSPS) is 13.0. The van der Waals surface area contributed by atoms with E-state index >= 15 is 0 Å². The lowest BCUT2D eigenvalue weighted by molar-refractivity contribution is -0.120. The molecule has 2 aromatic carbocycles. The fraction of sp³-hybridized carbons (Fsp3) is 0.160. The molecule has 0 unspecified atom stereocenters. The molecule has 0 spiro atoms. The number of carbonyl (C=O) groups is 3. The minimum atomic E-state index is -0.409. The van der Waals surface area contributed by atoms with Crippen molar-refractivity contribution in [1.82, 2.24) is 4.98 Å². The zero-order chi connectivity index (χ0) is 23.4. The Hall–Kier alpha value is -4.33. The number of anilines is 2. The van der Waals surface area contributed by atoms with Gasteiger partial charge in [-0.15, -0.1) is 0 Å². The van der Waals surface area contributed by atoms with E-state index < -0.39 is 5.91 Å². The van der Waals surface area contributed by atoms with Crippen molar-refractivity contribution >= 4 is 40.5 Å². The van der Waals surface area contributed by atoms with E-state index in [1.807, 2.05) is 12.1 Å². The van der Waals surface area contributed by atoms with Gasteiger partial charge in [0.1, 0.15) is 18.0 Å². The summed E-state index contributed by atoms with van der Waals surface area (Å²) in [5.74, 6) is 0.213. The Balaban J connectivity index is 1.58. The minimum absolute atomic E-state index is 0.00971. The van der Waals surface area contributed by atoms with Gasteiger partial charge in [-0.05, 0) is 61.0 Å². The number of methoxy groups -OCH3 is 1. The lowest BCUT2D eigenvalue weighted by Crippen LogP contribution is -2.39. The zero-order valence-corrected chi connectivity index (χ0v) is 18.2. The van der Waals surface area contributed by atoms with E-state index in [0.717, 1.165) is 5.56 Å². The maximum atomic E-state index is 13.2. The lowest BCUT2D eigenvalue weighted by Gasteiger charge is -2.20. The van der Waals surface area contributed by atoms with Crippen LogP contribution in [0.1, 0.15) is 29.3 Å². The standard InChI is InChI=1S/C25H22N4O4/c1-16(30)18-5-3-6-19(13-18)27-23(31)15-29-24(32)14-22(17-8-10-20(33-2)11-9-17)28-21-7-4-12-26-25(21)29/h3-13H,14-15H2,1-2H3,(H,27,31). The van der Waals surface area contributed by atoms with Crippen LogP contribution in [0, 0.1) is 0 Å². The second-order valence-electron chi connectivity index (χ2n) is 7.47. The van der Waals surface area contributed by atoms with E-state index in [0.29, 0.717) is 34.2 Å². The number of ether oxygens (including phenoxy) is 1. The number of fused-ring (bicyclic) bond motifs is 1. The number of hydrogen-bond donors (Lipinski definition) is 1. The molecule has 1 aliphatic heterocycles. The average molecular weight is 442 g/mol. The number of nitrogens with zero attached hydrogens (tertiary/aromatic N) is 3. The predicted octanol–water partition coefficient (Wildman–Crippen LogP) is 3.79. The molecule has 0 fully saturated rings. The first kappa shape index (κ1) is 21.9. The topological polar surface area (TPSA) is 101 Å². The first-order valence-electron chi connectivity index (χ1n) is 10.3. The van der Waals surface area contributed by atoms with Crippen molar-refractivity contribution in [3.8, 4) is 5.75 Å². The van der Waals surface area contributed by atoms with Crippen molar-refractivity contribution < 1.29 is 19.1 Å². The van der Waals surface area contributed by atoms with Gasteiger partial charge in [0, 0.05) is 17.4 Å². The third-order valence-corrected chi connectivity index (χ3v) is 5.17. The summed E-state index contributed by atoms with van der Waals surface area (Å²) in [5.41, 5.74) is 2.83. The number of amides is 2. The molecule has 8 nitrogen and oxygen atoms in total. The van der Waals surface area contributed by atoms with Crippen LogP contribution in [0.15, 0.2) is 71.9 Å². The van der Waals surface area contributed by atoms with Crippen molar-refractivity contribution in [2.45, 2.75) is 13.3 Å². The van der Waals surface area contributed by atoms with E-state index in [1.54, 1.807) is 61.8 Å². The Morgan fingerprint density at radius 3 is 2.61 bits per heavy atom. The molecule has 166 valence electrons. The minimum Gasteiger partial charge on any atom is -0.497 e. The Kier molecular flexibility index (Phi) is 6.26. The van der Waals surface area contributed by atoms with E-state index in [1.165, 1.54) is 11.8 Å². The van der Waals surface area contributed by atoms with Gasteiger partial charge in [0.2, 0.25) is 11.8 Å². The number of benzene rings is 2. The number of carbonyl (C=O) groups excluding carboxylic acids is 3. The van der Waals surface area contributed by atoms with Gasteiger partial charge < -0.3 is 10.1 Å². The number of Topliss-reactive ketones (excluding diaryl/α,β-unsaturated/α-hetero) is 1. The summed E-state index contributed by atoms with van der Waals surface area (Å²) in [6, 6.07) is 17.4. The van der Waals surface area contributed by atoms with E-state index in [9.17, 15) is 14.4 Å². The van der Waals surface area contributed by atoms with Crippen molar-refractivity contribution in [2.75, 3.05) is 23.9 Å². The molecule has 33 heavy (non-hydrogen) atoms. The molecule has 2 amide bonds. The van der Waals surface area contributed by atoms with Crippen molar-refractivity contribution in [2.24, 2.45) is 4.99 Å². The first-order chi connectivity index (χ1) is 15.9. The van der Waals surface area contributed by atoms with Crippen molar-refractivity contribution in [3.63, 3.8) is 0 Å². The fourth-order valence-corrected chi connectivity index (χ4v) is 3.50. The van der Waals surface area contributed by atoms with Crippen LogP contribution in [0.4, 0.5) is 17.2 Å². The molecule has 0 radical (unpaired) electrons. The number of aromatic nitrogens is 1. The van der Waals surface area contributed by atoms with Gasteiger partial charge >= 0.3 is 0 Å². The quantitative estimate of drug-likeness (QED) is 0.586. The Morgan fingerprint density at radius 2 is 1.88 bits per heavy atom. The highest BCUT2D eigenvalue weighted by atomic mass is 16.5. The highest BCUT2D eigenvalue weighted by molar-refractivity contribution is 6.18. The number of hydrogen-bond acceptors (Lipinski definition) is 6. The summed E-state index contributed by atoms with van der Waals surface area (Å²) in [6.45, 7) is 1.22. The SMILES string of the molecule is COc1ccc(C2=Nc3cccnc3N(CC(=O)Nc3cccc(C(C)=O)c3)C(=O)C2)cc1. The molecule has 2 heterocycles. The largest absolute Gasteiger partial charge is 0.497 e. The summed E-state index contributed by atoms with van der Waals surface area (Å²) in [4.78, 5) is 47.9. The smallest absolute Gasteiger partial charge is 0.244 e. The highest BCUT2D eigenvalue weighted by Crippen LogP contribution is 2.31. The molecular formula is C25H22N4O4. The molecule has 3 aromatic rings. The summed E-state index contributed by atoms with van der Waals surface area (Å²) in [6.07, 6.45) is 1.57. The molecule has 0 atom stereocenters. The average Bonchev–Trinajstić information content (AvgIpc) is 2.96. The fourth-order valence-electron chi connectivity index (χ4n) is 3.50. The van der Waals surface area contributed by atoms with Crippen LogP contribution in [0.25, 0.3) is 0 Å². The maximum Gasteiger partial charge on any atom is 0.244 e. The van der Waals surface area contributed by atoms with Gasteiger partial charge in [-0.3, -0.25) is 19.3 Å². The third kappa shape index (κ3) is 4.95. The molecule has 0 saturated carbocycles. The van der Waals surface area contributed by atoms with Crippen LogP contribution in [0.3, 0.4) is 0 Å². The summed E-state index contributed by atoms with van der Waals surface area (Å²) in [5, 5.41) is 2.75. The highest BCUT2D eigenvalue weighted by Gasteiger charge is 2.27. The van der Waals surface area contributed by atoms with Crippen LogP contribution in [0.5, 0.6) is 5.75 Å². The molecule has 4 rings (SSSR count). The van der Waals surface area contributed by atoms with Crippen LogP contribution in [0.2, 0.25) is 0 Å². The summed E-state index contributed by atoms with van der Waals surface area (Å²) >= 11 is 0. The van der Waals surface area contributed by atoms with Gasteiger partial charge in [0.15, 0.2) is 11.6 Å². The molecule has 0 saturated heterocycles. The van der Waals surface area contributed by atoms with E-state index in [-0.39, 0.29) is 24.7 Å². The van der Waals surface area contributed by atoms with Crippen LogP contribution < -0.4 is 15.0 Å². The number of pyridine rings is 1. The first-order valence-corrected chi connectivity index (χ1v) is 10.3. The van der Waals surface area contributed by atoms with Crippen molar-refractivity contribution in [1.29, 1.82) is 0 Å². The second-order valence-corrected chi connectivity index (χ2v) is 7.47. The summed E-state index contributed by atoms with van der Waals surface area (Å²) in [7, 11) is 1.59. The Labute approximate surface area is 190 Å². The molecule has 1 aromatic heterocycles. The van der Waals surface area contributed by atoms with Gasteiger partial charge in [-0.25, -0.2) is 9.98 Å². The number of ketones is 1. The third-order valence-electron chi connectivity index (χ3n) is 5.17. The van der Waals surface area contributed by atoms with E-state index in [2.05, 4.69) is 15.3 Å². The van der Waals surface area contributed by atoms with Gasteiger partial charge in [0.25, 0.3) is 0 Å². The molecule has 0 bridgehead atoms. The number of nitrogens with one attached hydrogen (secondary N) is 1. The molecule has 1 aliphatic rings. The monoisotopic (exact) mass is 442 g/mol. The summed E-state index contributed by atoms with van der Waals surface area (Å²) < 4.78 is 5.20. The number of rotatable bonds is 6. The van der Waals surface area contributed by atoms with Crippen LogP contribution in [-0.2, 0) is 9.59 Å². The Bertz CT molecular complexity index is 1250. The lowest BCUT2D eigenvalue weighted by atomic mass is 10.1. The molecule has 0 aliphatic carbocycles. The van der Waals surface area contributed by atoms with Gasteiger partial charge in [-0.2, -0.15) is 0 Å². The van der Waals surface area contributed by atoms with Gasteiger partial charge in [-0.1, -0.05) is 12.1 Å². The van der Waals surface area contributed by atoms with E-state index in [4.69, 9.17) is 4.74 Å². The van der Waals surface area contributed by atoms with Gasteiger partial charge in [0.05, 0.1) is 19.2 Å². The maximum absolute atomic E-state index is 13.2.